The molecule has 0 spiro atoms. The third-order valence-corrected chi connectivity index (χ3v) is 4.58. The van der Waals surface area contributed by atoms with E-state index in [9.17, 15) is 14.2 Å². The molecular formula is C22H22O7P+. The molecule has 2 aromatic carbocycles. The van der Waals surface area contributed by atoms with Gasteiger partial charge >= 0.3 is 20.2 Å². The predicted molar refractivity (Wildman–Crippen MR) is 110 cm³/mol. The highest BCUT2D eigenvalue weighted by Gasteiger charge is 2.29. The van der Waals surface area contributed by atoms with E-state index >= 15 is 0 Å². The molecule has 0 saturated heterocycles. The zero-order valence-electron chi connectivity index (χ0n) is 16.2. The number of benzene rings is 2. The minimum absolute atomic E-state index is 0.193. The average molecular weight is 429 g/mol. The molecule has 0 aliphatic heterocycles. The molecule has 0 saturated carbocycles. The van der Waals surface area contributed by atoms with Gasteiger partial charge in [0.2, 0.25) is 0 Å². The second-order valence-corrected chi connectivity index (χ2v) is 6.86. The number of hydrogen-bond acceptors (Lipinski definition) is 7. The summed E-state index contributed by atoms with van der Waals surface area (Å²) in [5.74, 6) is -1.27. The molecule has 0 heterocycles. The molecule has 0 aliphatic rings. The lowest BCUT2D eigenvalue weighted by molar-refractivity contribution is -0.145. The minimum atomic E-state index is -2.57. The Hall–Kier alpha value is -3.12. The highest BCUT2D eigenvalue weighted by Crippen LogP contribution is 2.31. The smallest absolute Gasteiger partial charge is 0.452 e. The van der Waals surface area contributed by atoms with Crippen molar-refractivity contribution >= 4 is 20.2 Å². The van der Waals surface area contributed by atoms with Gasteiger partial charge in [0.1, 0.15) is 13.2 Å². The molecule has 8 heteroatoms. The Labute approximate surface area is 175 Å². The van der Waals surface area contributed by atoms with Gasteiger partial charge in [0.25, 0.3) is 0 Å². The van der Waals surface area contributed by atoms with Gasteiger partial charge in [0.05, 0.1) is 0 Å². The highest BCUT2D eigenvalue weighted by atomic mass is 31.1. The zero-order chi connectivity index (χ0) is 21.8. The monoisotopic (exact) mass is 429 g/mol. The fourth-order valence-electron chi connectivity index (χ4n) is 2.40. The number of hydrogen-bond donors (Lipinski definition) is 0. The summed E-state index contributed by atoms with van der Waals surface area (Å²) in [6.07, 6.45) is 0.487. The Morgan fingerprint density at radius 3 is 1.47 bits per heavy atom. The van der Waals surface area contributed by atoms with Crippen molar-refractivity contribution in [3.05, 3.63) is 97.1 Å². The first-order chi connectivity index (χ1) is 14.5. The zero-order valence-corrected chi connectivity index (χ0v) is 17.1. The lowest BCUT2D eigenvalue weighted by Crippen LogP contribution is -2.15. The summed E-state index contributed by atoms with van der Waals surface area (Å²) in [5, 5.41) is 0. The van der Waals surface area contributed by atoms with Gasteiger partial charge in [-0.2, -0.15) is 0 Å². The summed E-state index contributed by atoms with van der Waals surface area (Å²) in [6, 6.07) is 17.7. The standard InChI is InChI=1S/C22H22O7P/c1-3-21(23)28-19(17-11-7-5-8-12-17)15-26-30(25)27-16-20(29-22(24)4-2)18-13-9-6-10-14-18/h3-14,19-20H,1-2,15-16H2/q+1. The van der Waals surface area contributed by atoms with E-state index in [0.717, 1.165) is 12.2 Å². The van der Waals surface area contributed by atoms with Crippen molar-refractivity contribution in [2.24, 2.45) is 0 Å². The van der Waals surface area contributed by atoms with Crippen molar-refractivity contribution in [2.75, 3.05) is 13.2 Å². The highest BCUT2D eigenvalue weighted by molar-refractivity contribution is 7.33. The largest absolute Gasteiger partial charge is 0.697 e. The SMILES string of the molecule is C=CC(=O)OC(CO[P+](=O)OCC(OC(=O)C=C)c1ccccc1)c1ccccc1. The Bertz CT molecular complexity index is 796. The van der Waals surface area contributed by atoms with E-state index < -0.39 is 32.4 Å². The first-order valence-electron chi connectivity index (χ1n) is 9.02. The van der Waals surface area contributed by atoms with Crippen LogP contribution in [-0.4, -0.2) is 25.2 Å². The molecule has 0 N–H and O–H groups in total. The number of rotatable bonds is 12. The molecule has 2 unspecified atom stereocenters. The molecule has 0 aliphatic carbocycles. The summed E-state index contributed by atoms with van der Waals surface area (Å²) >= 11 is 0. The van der Waals surface area contributed by atoms with Crippen molar-refractivity contribution in [1.82, 2.24) is 0 Å². The Morgan fingerprint density at radius 2 is 1.13 bits per heavy atom. The van der Waals surface area contributed by atoms with Crippen molar-refractivity contribution < 1.29 is 32.7 Å². The summed E-state index contributed by atoms with van der Waals surface area (Å²) in [6.45, 7) is 6.34. The van der Waals surface area contributed by atoms with Gasteiger partial charge in [0, 0.05) is 16.7 Å². The molecule has 30 heavy (non-hydrogen) atoms. The van der Waals surface area contributed by atoms with Crippen LogP contribution in [0.15, 0.2) is 86.0 Å². The van der Waals surface area contributed by atoms with Gasteiger partial charge in [-0.15, -0.1) is 9.05 Å². The Kier molecular flexibility index (Phi) is 9.61. The van der Waals surface area contributed by atoms with Crippen LogP contribution in [0.25, 0.3) is 0 Å². The van der Waals surface area contributed by atoms with Gasteiger partial charge in [-0.05, 0) is 11.1 Å². The molecule has 0 aromatic heterocycles. The van der Waals surface area contributed by atoms with Crippen LogP contribution in [0.1, 0.15) is 23.3 Å². The van der Waals surface area contributed by atoms with E-state index in [1.165, 1.54) is 0 Å². The molecule has 2 rings (SSSR count). The van der Waals surface area contributed by atoms with Crippen LogP contribution in [0, 0.1) is 0 Å². The van der Waals surface area contributed by atoms with Gasteiger partial charge in [0.15, 0.2) is 12.2 Å². The summed E-state index contributed by atoms with van der Waals surface area (Å²) in [4.78, 5) is 23.2. The molecule has 0 amide bonds. The van der Waals surface area contributed by atoms with E-state index in [2.05, 4.69) is 13.2 Å². The third-order valence-electron chi connectivity index (χ3n) is 3.86. The lowest BCUT2D eigenvalue weighted by Gasteiger charge is -2.15. The predicted octanol–water partition coefficient (Wildman–Crippen LogP) is 4.62. The van der Waals surface area contributed by atoms with Crippen LogP contribution in [0.3, 0.4) is 0 Å². The number of ether oxygens (including phenoxy) is 2. The molecule has 156 valence electrons. The van der Waals surface area contributed by atoms with Crippen molar-refractivity contribution in [3.8, 4) is 0 Å². The fraction of sp³-hybridized carbons (Fsp3) is 0.182. The second kappa shape index (κ2) is 12.4. The summed E-state index contributed by atoms with van der Waals surface area (Å²) in [7, 11) is -2.57. The van der Waals surface area contributed by atoms with E-state index in [0.29, 0.717) is 11.1 Å². The maximum atomic E-state index is 12.2. The topological polar surface area (TPSA) is 88.1 Å². The first-order valence-corrected chi connectivity index (χ1v) is 10.1. The molecule has 0 radical (unpaired) electrons. The van der Waals surface area contributed by atoms with Gasteiger partial charge in [-0.3, -0.25) is 0 Å². The Morgan fingerprint density at radius 1 is 0.767 bits per heavy atom. The van der Waals surface area contributed by atoms with Crippen molar-refractivity contribution in [1.29, 1.82) is 0 Å². The lowest BCUT2D eigenvalue weighted by atomic mass is 10.1. The van der Waals surface area contributed by atoms with Crippen LogP contribution in [0.2, 0.25) is 0 Å². The van der Waals surface area contributed by atoms with E-state index in [1.54, 1.807) is 48.5 Å². The first kappa shape index (κ1) is 23.2. The summed E-state index contributed by atoms with van der Waals surface area (Å²) < 4.78 is 33.2. The maximum Gasteiger partial charge on any atom is 0.697 e. The average Bonchev–Trinajstić information content (AvgIpc) is 2.80. The van der Waals surface area contributed by atoms with E-state index in [1.807, 2.05) is 12.1 Å². The van der Waals surface area contributed by atoms with E-state index in [4.69, 9.17) is 18.5 Å². The molecule has 2 atom stereocenters. The molecule has 0 bridgehead atoms. The van der Waals surface area contributed by atoms with Crippen LogP contribution in [-0.2, 0) is 32.7 Å². The quantitative estimate of drug-likeness (QED) is 0.276. The normalized spacial score (nSPS) is 12.9. The van der Waals surface area contributed by atoms with Crippen LogP contribution < -0.4 is 0 Å². The fourth-order valence-corrected chi connectivity index (χ4v) is 2.99. The van der Waals surface area contributed by atoms with Gasteiger partial charge in [-0.1, -0.05) is 73.8 Å². The Balaban J connectivity index is 1.96. The van der Waals surface area contributed by atoms with E-state index in [-0.39, 0.29) is 13.2 Å². The second-order valence-electron chi connectivity index (χ2n) is 5.90. The number of carbonyl (C=O) groups is 2. The molecule has 7 nitrogen and oxygen atoms in total. The summed E-state index contributed by atoms with van der Waals surface area (Å²) in [5.41, 5.74) is 1.33. The van der Waals surface area contributed by atoms with Gasteiger partial charge in [-0.25, -0.2) is 9.59 Å². The van der Waals surface area contributed by atoms with Crippen LogP contribution in [0.5, 0.6) is 0 Å². The van der Waals surface area contributed by atoms with Crippen LogP contribution in [0.4, 0.5) is 0 Å². The molecule has 0 fully saturated rings. The number of esters is 2. The van der Waals surface area contributed by atoms with Gasteiger partial charge < -0.3 is 9.47 Å². The van der Waals surface area contributed by atoms with Crippen molar-refractivity contribution in [3.63, 3.8) is 0 Å². The number of carbonyl (C=O) groups excluding carboxylic acids is 2. The third kappa shape index (κ3) is 7.72. The minimum Gasteiger partial charge on any atom is -0.452 e. The van der Waals surface area contributed by atoms with Crippen molar-refractivity contribution in [2.45, 2.75) is 12.2 Å². The molecule has 2 aromatic rings. The molecular weight excluding hydrogens is 407 g/mol. The maximum absolute atomic E-state index is 12.2. The van der Waals surface area contributed by atoms with Crippen LogP contribution >= 0.6 is 8.25 Å².